The van der Waals surface area contributed by atoms with Gasteiger partial charge in [0.1, 0.15) is 0 Å². The molecule has 0 aromatic carbocycles. The van der Waals surface area contributed by atoms with Crippen LogP contribution >= 0.6 is 0 Å². The van der Waals surface area contributed by atoms with Gasteiger partial charge in [-0.25, -0.2) is 0 Å². The minimum atomic E-state index is -2.17. The molecule has 0 radical (unpaired) electrons. The fourth-order valence-electron chi connectivity index (χ4n) is 0. The average molecular weight is 144 g/mol. The summed E-state index contributed by atoms with van der Waals surface area (Å²) in [5.41, 5.74) is 0. The fraction of sp³-hybridized carbons (Fsp3) is 1.00. The van der Waals surface area contributed by atoms with Crippen molar-refractivity contribution in [3.63, 3.8) is 0 Å². The Morgan fingerprint density at radius 2 is 1.00 bits per heavy atom. The molecule has 0 spiro atoms. The van der Waals surface area contributed by atoms with Gasteiger partial charge in [0.2, 0.25) is 0 Å². The molecule has 3 N–H and O–H groups in total. The molecular weight excluding hydrogens is 130 g/mol. The molecule has 0 unspecified atom stereocenters. The van der Waals surface area contributed by atoms with Crippen molar-refractivity contribution in [3.8, 4) is 0 Å². The van der Waals surface area contributed by atoms with Crippen LogP contribution in [0.5, 0.6) is 0 Å². The standard InChI is InChI=1S/C3H10Si.BH3O3.Li.H/c1-4(2)3;2-1(3)4;;/h4H,1-3H3;2-4H;;. The van der Waals surface area contributed by atoms with Crippen molar-refractivity contribution < 1.29 is 15.1 Å². The third-order valence-corrected chi connectivity index (χ3v) is 0. The van der Waals surface area contributed by atoms with Gasteiger partial charge in [-0.05, 0) is 0 Å². The van der Waals surface area contributed by atoms with Crippen molar-refractivity contribution in [1.29, 1.82) is 0 Å². The van der Waals surface area contributed by atoms with Gasteiger partial charge >= 0.3 is 26.2 Å². The summed E-state index contributed by atoms with van der Waals surface area (Å²) in [6, 6.07) is 0. The van der Waals surface area contributed by atoms with E-state index in [4.69, 9.17) is 15.1 Å². The first-order chi connectivity index (χ1) is 3.46. The third-order valence-electron chi connectivity index (χ3n) is 0. The van der Waals surface area contributed by atoms with Crippen LogP contribution in [-0.4, -0.2) is 50.1 Å². The Hall–Kier alpha value is 0.759. The molecule has 0 heterocycles. The zero-order valence-electron chi connectivity index (χ0n) is 5.50. The summed E-state index contributed by atoms with van der Waals surface area (Å²) in [6.07, 6.45) is 0. The Kier molecular flexibility index (Phi) is 21.0. The van der Waals surface area contributed by atoms with Crippen molar-refractivity contribution in [2.24, 2.45) is 0 Å². The van der Waals surface area contributed by atoms with Crippen LogP contribution in [0.4, 0.5) is 0 Å². The van der Waals surface area contributed by atoms with Crippen molar-refractivity contribution in [2.75, 3.05) is 0 Å². The molecule has 3 nitrogen and oxygen atoms in total. The first kappa shape index (κ1) is 16.4. The fourth-order valence-corrected chi connectivity index (χ4v) is 0. The molecule has 0 bridgehead atoms. The van der Waals surface area contributed by atoms with E-state index >= 15 is 0 Å². The Balaban J connectivity index is -0.0000000720. The SMILES string of the molecule is C[SiH](C)C.OB(O)O.[LiH]. The molecule has 0 aliphatic carbocycles. The van der Waals surface area contributed by atoms with Gasteiger partial charge in [-0.3, -0.25) is 0 Å². The molecule has 0 atom stereocenters. The summed E-state index contributed by atoms with van der Waals surface area (Å²) in [5.74, 6) is 0. The van der Waals surface area contributed by atoms with Crippen LogP contribution in [0.2, 0.25) is 19.6 Å². The molecule has 9 heavy (non-hydrogen) atoms. The third kappa shape index (κ3) is 694. The van der Waals surface area contributed by atoms with E-state index in [1.807, 2.05) is 0 Å². The summed E-state index contributed by atoms with van der Waals surface area (Å²) >= 11 is 0. The zero-order chi connectivity index (χ0) is 7.15. The van der Waals surface area contributed by atoms with Gasteiger partial charge in [0.25, 0.3) is 0 Å². The van der Waals surface area contributed by atoms with Gasteiger partial charge in [-0.2, -0.15) is 0 Å². The topological polar surface area (TPSA) is 60.7 Å². The molecule has 0 aliphatic rings. The summed E-state index contributed by atoms with van der Waals surface area (Å²) in [4.78, 5) is 0. The van der Waals surface area contributed by atoms with Gasteiger partial charge in [0.05, 0.1) is 0 Å². The van der Waals surface area contributed by atoms with Crippen molar-refractivity contribution >= 4 is 35.0 Å². The molecule has 0 aromatic heterocycles. The van der Waals surface area contributed by atoms with Crippen LogP contribution in [0.25, 0.3) is 0 Å². The molecule has 0 saturated carbocycles. The number of hydrogen-bond donors (Lipinski definition) is 3. The second-order valence-electron chi connectivity index (χ2n) is 2.08. The molecule has 52 valence electrons. The minimum absolute atomic E-state index is 0. The molecule has 0 saturated heterocycles. The maximum absolute atomic E-state index is 7.17. The molecule has 0 amide bonds. The number of hydrogen-bond acceptors (Lipinski definition) is 3. The Labute approximate surface area is 70.1 Å². The van der Waals surface area contributed by atoms with Crippen LogP contribution in [0.15, 0.2) is 0 Å². The zero-order valence-corrected chi connectivity index (χ0v) is 6.65. The predicted octanol–water partition coefficient (Wildman–Crippen LogP) is -1.60. The van der Waals surface area contributed by atoms with E-state index in [9.17, 15) is 0 Å². The normalized spacial score (nSPS) is 7.00. The summed E-state index contributed by atoms with van der Waals surface area (Å²) in [5, 5.41) is 21.5. The Morgan fingerprint density at radius 1 is 1.00 bits per heavy atom. The predicted molar refractivity (Wildman–Crippen MR) is 44.3 cm³/mol. The van der Waals surface area contributed by atoms with E-state index in [1.165, 1.54) is 0 Å². The van der Waals surface area contributed by atoms with E-state index in [0.29, 0.717) is 0 Å². The van der Waals surface area contributed by atoms with E-state index in [-0.39, 0.29) is 27.7 Å². The van der Waals surface area contributed by atoms with Gasteiger partial charge in [0.15, 0.2) is 0 Å². The van der Waals surface area contributed by atoms with Gasteiger partial charge in [0, 0.05) is 8.80 Å². The number of rotatable bonds is 0. The monoisotopic (exact) mass is 144 g/mol. The molecule has 0 fully saturated rings. The quantitative estimate of drug-likeness (QED) is 0.359. The summed E-state index contributed by atoms with van der Waals surface area (Å²) < 4.78 is 0. The van der Waals surface area contributed by atoms with Crippen LogP contribution in [-0.2, 0) is 0 Å². The first-order valence-electron chi connectivity index (χ1n) is 2.51. The molecule has 0 rings (SSSR count). The first-order valence-corrected chi connectivity index (χ1v) is 5.97. The van der Waals surface area contributed by atoms with Gasteiger partial charge < -0.3 is 15.1 Å². The Bertz CT molecular complexity index is 34.5. The van der Waals surface area contributed by atoms with E-state index in [2.05, 4.69) is 19.6 Å². The van der Waals surface area contributed by atoms with Crippen LogP contribution in [0, 0.1) is 0 Å². The van der Waals surface area contributed by atoms with Crippen LogP contribution in [0.3, 0.4) is 0 Å². The second-order valence-corrected chi connectivity index (χ2v) is 5.54. The Morgan fingerprint density at radius 3 is 1.00 bits per heavy atom. The molecular formula is C3H14BLiO3Si. The van der Waals surface area contributed by atoms with Crippen molar-refractivity contribution in [3.05, 3.63) is 0 Å². The second kappa shape index (κ2) is 11.5. The van der Waals surface area contributed by atoms with Crippen LogP contribution in [0.1, 0.15) is 0 Å². The van der Waals surface area contributed by atoms with E-state index in [0.717, 1.165) is 0 Å². The van der Waals surface area contributed by atoms with Gasteiger partial charge in [-0.1, -0.05) is 19.6 Å². The summed E-state index contributed by atoms with van der Waals surface area (Å²) in [6.45, 7) is 6.92. The summed E-state index contributed by atoms with van der Waals surface area (Å²) in [7, 11) is -2.31. The van der Waals surface area contributed by atoms with E-state index in [1.54, 1.807) is 0 Å². The average Bonchev–Trinajstić information content (AvgIpc) is 1.25. The van der Waals surface area contributed by atoms with E-state index < -0.39 is 7.32 Å². The van der Waals surface area contributed by atoms with Crippen molar-refractivity contribution in [2.45, 2.75) is 19.6 Å². The van der Waals surface area contributed by atoms with Crippen LogP contribution < -0.4 is 0 Å². The van der Waals surface area contributed by atoms with Gasteiger partial charge in [-0.15, -0.1) is 0 Å². The molecule has 0 aliphatic heterocycles. The maximum atomic E-state index is 7.17. The molecule has 0 aromatic rings. The van der Waals surface area contributed by atoms with Crippen molar-refractivity contribution in [1.82, 2.24) is 0 Å². The molecule has 6 heteroatoms.